The van der Waals surface area contributed by atoms with Gasteiger partial charge in [0, 0.05) is 26.2 Å². The molecular weight excluding hydrogens is 352 g/mol. The van der Waals surface area contributed by atoms with E-state index in [-0.39, 0.29) is 19.7 Å². The molecule has 0 radical (unpaired) electrons. The zero-order chi connectivity index (χ0) is 20.0. The summed E-state index contributed by atoms with van der Waals surface area (Å²) in [6.07, 6.45) is -1.36. The van der Waals surface area contributed by atoms with Gasteiger partial charge in [-0.3, -0.25) is 0 Å². The zero-order valence-corrected chi connectivity index (χ0v) is 15.9. The van der Waals surface area contributed by atoms with Crippen LogP contribution in [-0.4, -0.2) is 64.8 Å². The van der Waals surface area contributed by atoms with Crippen LogP contribution in [0.25, 0.3) is 0 Å². The Morgan fingerprint density at radius 2 is 1.59 bits per heavy atom. The Bertz CT molecular complexity index is 666. The largest absolute Gasteiger partial charge is 0.445 e. The van der Waals surface area contributed by atoms with Crippen molar-refractivity contribution in [2.75, 3.05) is 26.2 Å². The van der Waals surface area contributed by atoms with Crippen LogP contribution in [0.5, 0.6) is 0 Å². The van der Waals surface area contributed by atoms with Crippen LogP contribution in [0, 0.1) is 0 Å². The number of carbonyl (C=O) groups is 3. The summed E-state index contributed by atoms with van der Waals surface area (Å²) in [4.78, 5) is 39.2. The van der Waals surface area contributed by atoms with Gasteiger partial charge in [-0.25, -0.2) is 20.2 Å². The molecule has 9 heteroatoms. The van der Waals surface area contributed by atoms with Gasteiger partial charge in [0.25, 0.3) is 0 Å². The van der Waals surface area contributed by atoms with Gasteiger partial charge in [0.05, 0.1) is 0 Å². The first-order chi connectivity index (χ1) is 12.7. The maximum atomic E-state index is 12.3. The summed E-state index contributed by atoms with van der Waals surface area (Å²) < 4.78 is 10.4. The van der Waals surface area contributed by atoms with Crippen LogP contribution in [0.15, 0.2) is 30.3 Å². The van der Waals surface area contributed by atoms with Crippen molar-refractivity contribution < 1.29 is 23.9 Å². The predicted molar refractivity (Wildman–Crippen MR) is 97.4 cm³/mol. The lowest BCUT2D eigenvalue weighted by Crippen LogP contribution is -2.57. The maximum Gasteiger partial charge on any atom is 0.433 e. The Morgan fingerprint density at radius 3 is 2.15 bits per heavy atom. The summed E-state index contributed by atoms with van der Waals surface area (Å²) in [6, 6.07) is 8.71. The van der Waals surface area contributed by atoms with Crippen molar-refractivity contribution in [2.45, 2.75) is 33.0 Å². The van der Waals surface area contributed by atoms with Crippen molar-refractivity contribution in [3.8, 4) is 0 Å². The van der Waals surface area contributed by atoms with Crippen LogP contribution < -0.4 is 5.84 Å². The van der Waals surface area contributed by atoms with E-state index in [2.05, 4.69) is 0 Å². The molecule has 148 valence electrons. The van der Waals surface area contributed by atoms with E-state index in [0.717, 1.165) is 5.56 Å². The third-order valence-corrected chi connectivity index (χ3v) is 3.81. The van der Waals surface area contributed by atoms with Crippen molar-refractivity contribution in [1.82, 2.24) is 14.8 Å². The van der Waals surface area contributed by atoms with E-state index in [4.69, 9.17) is 15.3 Å². The molecule has 1 heterocycles. The van der Waals surface area contributed by atoms with E-state index in [1.807, 2.05) is 30.3 Å². The molecule has 27 heavy (non-hydrogen) atoms. The number of hydrogen-bond donors (Lipinski definition) is 1. The van der Waals surface area contributed by atoms with Crippen molar-refractivity contribution in [2.24, 2.45) is 5.84 Å². The second-order valence-corrected chi connectivity index (χ2v) is 7.15. The SMILES string of the molecule is CC(C)(C)OC(=O)N(N)C(=O)N1CCN(C(=O)OCc2ccccc2)CC1. The number of urea groups is 1. The van der Waals surface area contributed by atoms with Crippen LogP contribution in [-0.2, 0) is 16.1 Å². The fourth-order valence-corrected chi connectivity index (χ4v) is 2.43. The molecule has 0 unspecified atom stereocenters. The van der Waals surface area contributed by atoms with E-state index >= 15 is 0 Å². The molecule has 1 aromatic carbocycles. The molecule has 1 aliphatic rings. The number of benzene rings is 1. The molecular formula is C18H26N4O5. The predicted octanol–water partition coefficient (Wildman–Crippen LogP) is 2.17. The van der Waals surface area contributed by atoms with Gasteiger partial charge in [0.2, 0.25) is 0 Å². The molecule has 2 N–H and O–H groups in total. The van der Waals surface area contributed by atoms with Crippen molar-refractivity contribution in [1.29, 1.82) is 0 Å². The summed E-state index contributed by atoms with van der Waals surface area (Å²) in [7, 11) is 0. The van der Waals surface area contributed by atoms with Gasteiger partial charge < -0.3 is 19.3 Å². The molecule has 9 nitrogen and oxygen atoms in total. The first-order valence-electron chi connectivity index (χ1n) is 8.70. The number of rotatable bonds is 2. The van der Waals surface area contributed by atoms with Crippen LogP contribution >= 0.6 is 0 Å². The summed E-state index contributed by atoms with van der Waals surface area (Å²) in [5, 5.41) is 0.453. The van der Waals surface area contributed by atoms with Gasteiger partial charge in [0.15, 0.2) is 0 Å². The highest BCUT2D eigenvalue weighted by atomic mass is 16.6. The van der Waals surface area contributed by atoms with Crippen LogP contribution in [0.3, 0.4) is 0 Å². The first-order valence-corrected chi connectivity index (χ1v) is 8.70. The fourth-order valence-electron chi connectivity index (χ4n) is 2.43. The highest BCUT2D eigenvalue weighted by Crippen LogP contribution is 2.11. The normalized spacial score (nSPS) is 14.5. The van der Waals surface area contributed by atoms with Gasteiger partial charge in [-0.2, -0.15) is 5.01 Å². The monoisotopic (exact) mass is 378 g/mol. The smallest absolute Gasteiger partial charge is 0.433 e. The Balaban J connectivity index is 1.79. The van der Waals surface area contributed by atoms with Crippen LogP contribution in [0.2, 0.25) is 0 Å². The zero-order valence-electron chi connectivity index (χ0n) is 15.9. The van der Waals surface area contributed by atoms with Gasteiger partial charge in [0.1, 0.15) is 12.2 Å². The van der Waals surface area contributed by atoms with Gasteiger partial charge in [-0.15, -0.1) is 0 Å². The van der Waals surface area contributed by atoms with Gasteiger partial charge >= 0.3 is 18.2 Å². The third-order valence-electron chi connectivity index (χ3n) is 3.81. The summed E-state index contributed by atoms with van der Waals surface area (Å²) >= 11 is 0. The first kappa shape index (κ1) is 20.5. The number of nitrogens with two attached hydrogens (primary N) is 1. The molecule has 0 aromatic heterocycles. The molecule has 0 atom stereocenters. The molecule has 1 aromatic rings. The highest BCUT2D eigenvalue weighted by molar-refractivity contribution is 5.90. The highest BCUT2D eigenvalue weighted by Gasteiger charge is 2.31. The van der Waals surface area contributed by atoms with E-state index in [1.54, 1.807) is 20.8 Å². The van der Waals surface area contributed by atoms with Crippen molar-refractivity contribution in [3.05, 3.63) is 35.9 Å². The topological polar surface area (TPSA) is 105 Å². The lowest BCUT2D eigenvalue weighted by Gasteiger charge is -2.35. The second-order valence-electron chi connectivity index (χ2n) is 7.15. The molecule has 0 spiro atoms. The number of hydrazine groups is 1. The van der Waals surface area contributed by atoms with Crippen LogP contribution in [0.1, 0.15) is 26.3 Å². The number of carbonyl (C=O) groups excluding carboxylic acids is 3. The molecule has 0 aliphatic carbocycles. The third kappa shape index (κ3) is 6.14. The standard InChI is InChI=1S/C18H26N4O5/c1-18(2,3)27-17(25)22(19)15(23)20-9-11-21(12-10-20)16(24)26-13-14-7-5-4-6-8-14/h4-8H,9-13,19H2,1-3H3. The average molecular weight is 378 g/mol. The number of nitrogens with zero attached hydrogens (tertiary/aromatic N) is 3. The fraction of sp³-hybridized carbons (Fsp3) is 0.500. The molecule has 1 saturated heterocycles. The minimum Gasteiger partial charge on any atom is -0.445 e. The quantitative estimate of drug-likeness (QED) is 0.480. The van der Waals surface area contributed by atoms with Gasteiger partial charge in [-0.05, 0) is 26.3 Å². The molecule has 0 bridgehead atoms. The Morgan fingerprint density at radius 1 is 1.04 bits per heavy atom. The summed E-state index contributed by atoms with van der Waals surface area (Å²) in [5.41, 5.74) is 0.145. The summed E-state index contributed by atoms with van der Waals surface area (Å²) in [5.74, 6) is 5.57. The Kier molecular flexibility index (Phi) is 6.62. The van der Waals surface area contributed by atoms with E-state index in [1.165, 1.54) is 9.80 Å². The average Bonchev–Trinajstić information content (AvgIpc) is 2.64. The second kappa shape index (κ2) is 8.72. The number of hydrogen-bond acceptors (Lipinski definition) is 6. The van der Waals surface area contributed by atoms with Gasteiger partial charge in [-0.1, -0.05) is 30.3 Å². The Hall–Kier alpha value is -2.81. The molecule has 1 fully saturated rings. The number of imide groups is 1. The minimum absolute atomic E-state index is 0.189. The van der Waals surface area contributed by atoms with E-state index < -0.39 is 23.8 Å². The molecule has 2 rings (SSSR count). The molecule has 0 saturated carbocycles. The van der Waals surface area contributed by atoms with Crippen LogP contribution in [0.4, 0.5) is 14.4 Å². The van der Waals surface area contributed by atoms with E-state index in [9.17, 15) is 14.4 Å². The molecule has 1 aliphatic heterocycles. The molecule has 4 amide bonds. The summed E-state index contributed by atoms with van der Waals surface area (Å²) in [6.45, 7) is 6.32. The number of ether oxygens (including phenoxy) is 2. The number of piperazine rings is 1. The maximum absolute atomic E-state index is 12.3. The number of amides is 4. The van der Waals surface area contributed by atoms with Crippen molar-refractivity contribution in [3.63, 3.8) is 0 Å². The van der Waals surface area contributed by atoms with Crippen molar-refractivity contribution >= 4 is 18.2 Å². The minimum atomic E-state index is -0.919. The van der Waals surface area contributed by atoms with E-state index in [0.29, 0.717) is 18.1 Å². The lowest BCUT2D eigenvalue weighted by molar-refractivity contribution is 0.0254. The lowest BCUT2D eigenvalue weighted by atomic mass is 10.2. The Labute approximate surface area is 158 Å².